The van der Waals surface area contributed by atoms with Crippen LogP contribution in [0.1, 0.15) is 0 Å². The third kappa shape index (κ3) is 3.38. The first-order valence-corrected chi connectivity index (χ1v) is 13.6. The van der Waals surface area contributed by atoms with Gasteiger partial charge in [0.25, 0.3) is 0 Å². The maximum atomic E-state index is 5.40. The van der Waals surface area contributed by atoms with Gasteiger partial charge in [-0.2, -0.15) is 0 Å². The Labute approximate surface area is 232 Å². The molecule has 40 heavy (non-hydrogen) atoms. The van der Waals surface area contributed by atoms with Crippen LogP contribution >= 0.6 is 0 Å². The summed E-state index contributed by atoms with van der Waals surface area (Å²) in [7, 11) is 1.70. The molecule has 3 heteroatoms. The molecule has 0 saturated carbocycles. The Morgan fingerprint density at radius 2 is 0.850 bits per heavy atom. The standard InChI is InChI=1S/C37H26N2O/c1-40-29-19-17-28(18-20-29)39-35-14-8-6-12-31(35)33-24-26(16-22-37(33)39)25-15-21-36-32(23-25)30-11-5-7-13-34(30)38(36)27-9-3-2-4-10-27/h2-24H,1H3. The third-order valence-electron chi connectivity index (χ3n) is 8.02. The molecule has 0 spiro atoms. The molecule has 0 unspecified atom stereocenters. The molecule has 2 heterocycles. The lowest BCUT2D eigenvalue weighted by Gasteiger charge is -2.10. The largest absolute Gasteiger partial charge is 0.497 e. The Balaban J connectivity index is 1.33. The van der Waals surface area contributed by atoms with Gasteiger partial charge < -0.3 is 13.9 Å². The van der Waals surface area contributed by atoms with Crippen molar-refractivity contribution >= 4 is 43.6 Å². The van der Waals surface area contributed by atoms with Crippen molar-refractivity contribution in [2.24, 2.45) is 0 Å². The Bertz CT molecular complexity index is 2180. The lowest BCUT2D eigenvalue weighted by Crippen LogP contribution is -1.94. The molecule has 0 atom stereocenters. The summed E-state index contributed by atoms with van der Waals surface area (Å²) in [6.45, 7) is 0. The van der Waals surface area contributed by atoms with Crippen molar-refractivity contribution < 1.29 is 4.74 Å². The highest BCUT2D eigenvalue weighted by atomic mass is 16.5. The van der Waals surface area contributed by atoms with Crippen LogP contribution in [0.2, 0.25) is 0 Å². The van der Waals surface area contributed by atoms with Crippen molar-refractivity contribution in [2.45, 2.75) is 0 Å². The number of hydrogen-bond acceptors (Lipinski definition) is 1. The number of hydrogen-bond donors (Lipinski definition) is 0. The Morgan fingerprint density at radius 3 is 1.38 bits per heavy atom. The average molecular weight is 515 g/mol. The van der Waals surface area contributed by atoms with E-state index >= 15 is 0 Å². The van der Waals surface area contributed by atoms with E-state index in [1.807, 2.05) is 12.1 Å². The molecule has 0 saturated heterocycles. The summed E-state index contributed by atoms with van der Waals surface area (Å²) >= 11 is 0. The maximum Gasteiger partial charge on any atom is 0.119 e. The summed E-state index contributed by atoms with van der Waals surface area (Å²) in [5.74, 6) is 0.857. The minimum absolute atomic E-state index is 0.857. The van der Waals surface area contributed by atoms with Crippen LogP contribution in [0, 0.1) is 0 Å². The van der Waals surface area contributed by atoms with Crippen LogP contribution in [0.4, 0.5) is 0 Å². The molecule has 2 aromatic heterocycles. The predicted octanol–water partition coefficient (Wildman–Crippen LogP) is 9.56. The Hall–Kier alpha value is -5.28. The first kappa shape index (κ1) is 22.7. The topological polar surface area (TPSA) is 19.1 Å². The van der Waals surface area contributed by atoms with E-state index in [2.05, 4.69) is 137 Å². The van der Waals surface area contributed by atoms with Crippen molar-refractivity contribution in [1.82, 2.24) is 9.13 Å². The van der Waals surface area contributed by atoms with Crippen LogP contribution < -0.4 is 4.74 Å². The number of para-hydroxylation sites is 3. The molecule has 0 N–H and O–H groups in total. The molecular weight excluding hydrogens is 488 g/mol. The SMILES string of the molecule is COc1ccc(-n2c3ccccc3c3cc(-c4ccc5c(c4)c4ccccc4n5-c4ccccc4)ccc32)cc1. The molecule has 0 fully saturated rings. The summed E-state index contributed by atoms with van der Waals surface area (Å²) < 4.78 is 10.1. The summed E-state index contributed by atoms with van der Waals surface area (Å²) in [5.41, 5.74) is 9.55. The Morgan fingerprint density at radius 1 is 0.400 bits per heavy atom. The zero-order valence-electron chi connectivity index (χ0n) is 22.1. The second-order valence-corrected chi connectivity index (χ2v) is 10.2. The van der Waals surface area contributed by atoms with Gasteiger partial charge in [0.15, 0.2) is 0 Å². The van der Waals surface area contributed by atoms with Crippen molar-refractivity contribution in [3.8, 4) is 28.3 Å². The first-order chi connectivity index (χ1) is 19.8. The fraction of sp³-hybridized carbons (Fsp3) is 0.0270. The highest BCUT2D eigenvalue weighted by Crippen LogP contribution is 2.38. The van der Waals surface area contributed by atoms with Gasteiger partial charge in [-0.3, -0.25) is 0 Å². The molecule has 8 rings (SSSR count). The monoisotopic (exact) mass is 514 g/mol. The second-order valence-electron chi connectivity index (χ2n) is 10.2. The number of benzene rings is 6. The quantitative estimate of drug-likeness (QED) is 0.229. The maximum absolute atomic E-state index is 5.40. The fourth-order valence-electron chi connectivity index (χ4n) is 6.17. The van der Waals surface area contributed by atoms with Gasteiger partial charge in [-0.15, -0.1) is 0 Å². The number of methoxy groups -OCH3 is 1. The van der Waals surface area contributed by atoms with E-state index in [1.165, 1.54) is 60.4 Å². The lowest BCUT2D eigenvalue weighted by atomic mass is 10.0. The first-order valence-electron chi connectivity index (χ1n) is 13.6. The van der Waals surface area contributed by atoms with Crippen LogP contribution in [0.25, 0.3) is 66.1 Å². The van der Waals surface area contributed by atoms with Gasteiger partial charge in [0.2, 0.25) is 0 Å². The normalized spacial score (nSPS) is 11.6. The highest BCUT2D eigenvalue weighted by Gasteiger charge is 2.15. The van der Waals surface area contributed by atoms with E-state index in [0.29, 0.717) is 0 Å². The van der Waals surface area contributed by atoms with Crippen molar-refractivity contribution in [3.05, 3.63) is 140 Å². The zero-order chi connectivity index (χ0) is 26.6. The highest BCUT2D eigenvalue weighted by molar-refractivity contribution is 6.12. The predicted molar refractivity (Wildman–Crippen MR) is 167 cm³/mol. The van der Waals surface area contributed by atoms with E-state index in [0.717, 1.165) is 11.4 Å². The summed E-state index contributed by atoms with van der Waals surface area (Å²) in [5, 5.41) is 5.02. The van der Waals surface area contributed by atoms with Crippen LogP contribution in [0.15, 0.2) is 140 Å². The molecule has 3 nitrogen and oxygen atoms in total. The molecule has 0 aliphatic heterocycles. The molecule has 6 aromatic carbocycles. The zero-order valence-corrected chi connectivity index (χ0v) is 22.1. The molecule has 190 valence electrons. The summed E-state index contributed by atoms with van der Waals surface area (Å²) in [6.07, 6.45) is 0. The van der Waals surface area contributed by atoms with Crippen LogP contribution in [-0.4, -0.2) is 16.2 Å². The molecule has 0 amide bonds. The van der Waals surface area contributed by atoms with E-state index in [9.17, 15) is 0 Å². The summed E-state index contributed by atoms with van der Waals surface area (Å²) in [4.78, 5) is 0. The van der Waals surface area contributed by atoms with Gasteiger partial charge in [0.1, 0.15) is 5.75 Å². The Kier molecular flexibility index (Phi) is 5.04. The van der Waals surface area contributed by atoms with Gasteiger partial charge in [-0.25, -0.2) is 0 Å². The number of rotatable bonds is 4. The second kappa shape index (κ2) is 8.89. The number of ether oxygens (including phenoxy) is 1. The molecule has 0 aliphatic rings. The van der Waals surface area contributed by atoms with Gasteiger partial charge >= 0.3 is 0 Å². The molecular formula is C37H26N2O. The third-order valence-corrected chi connectivity index (χ3v) is 8.02. The van der Waals surface area contributed by atoms with E-state index in [4.69, 9.17) is 4.74 Å². The number of nitrogens with zero attached hydrogens (tertiary/aromatic N) is 2. The average Bonchev–Trinajstić information content (AvgIpc) is 3.54. The lowest BCUT2D eigenvalue weighted by molar-refractivity contribution is 0.415. The summed E-state index contributed by atoms with van der Waals surface area (Å²) in [6, 6.07) is 49.9. The van der Waals surface area contributed by atoms with Crippen molar-refractivity contribution in [3.63, 3.8) is 0 Å². The van der Waals surface area contributed by atoms with E-state index in [1.54, 1.807) is 7.11 Å². The van der Waals surface area contributed by atoms with Crippen LogP contribution in [0.3, 0.4) is 0 Å². The van der Waals surface area contributed by atoms with Crippen LogP contribution in [-0.2, 0) is 0 Å². The van der Waals surface area contributed by atoms with E-state index in [-0.39, 0.29) is 0 Å². The number of aromatic nitrogens is 2. The van der Waals surface area contributed by atoms with Gasteiger partial charge in [-0.05, 0) is 83.9 Å². The van der Waals surface area contributed by atoms with Crippen LogP contribution in [0.5, 0.6) is 5.75 Å². The van der Waals surface area contributed by atoms with Gasteiger partial charge in [-0.1, -0.05) is 66.7 Å². The van der Waals surface area contributed by atoms with E-state index < -0.39 is 0 Å². The molecule has 0 bridgehead atoms. The number of fused-ring (bicyclic) bond motifs is 6. The fourth-order valence-corrected chi connectivity index (χ4v) is 6.17. The van der Waals surface area contributed by atoms with Crippen molar-refractivity contribution in [2.75, 3.05) is 7.11 Å². The molecule has 8 aromatic rings. The molecule has 0 radical (unpaired) electrons. The minimum Gasteiger partial charge on any atom is -0.497 e. The smallest absolute Gasteiger partial charge is 0.119 e. The minimum atomic E-state index is 0.857. The van der Waals surface area contributed by atoms with Gasteiger partial charge in [0, 0.05) is 32.9 Å². The van der Waals surface area contributed by atoms with Gasteiger partial charge in [0.05, 0.1) is 29.2 Å². The molecule has 0 aliphatic carbocycles. The van der Waals surface area contributed by atoms with Crippen molar-refractivity contribution in [1.29, 1.82) is 0 Å².